The van der Waals surface area contributed by atoms with Gasteiger partial charge in [-0.1, -0.05) is 53.6 Å². The van der Waals surface area contributed by atoms with Crippen LogP contribution in [0.1, 0.15) is 55.8 Å². The molecule has 3 saturated heterocycles. The van der Waals surface area contributed by atoms with E-state index in [9.17, 15) is 19.7 Å². The third kappa shape index (κ3) is 6.61. The van der Waals surface area contributed by atoms with Gasteiger partial charge in [-0.25, -0.2) is 0 Å². The van der Waals surface area contributed by atoms with Gasteiger partial charge in [0.2, 0.25) is 11.8 Å². The molecule has 1 aromatic heterocycles. The van der Waals surface area contributed by atoms with Crippen molar-refractivity contribution in [1.82, 2.24) is 14.8 Å². The molecule has 3 fully saturated rings. The first-order valence-corrected chi connectivity index (χ1v) is 17.4. The van der Waals surface area contributed by atoms with Gasteiger partial charge in [-0.3, -0.25) is 24.4 Å². The molecule has 248 valence electrons. The van der Waals surface area contributed by atoms with Gasteiger partial charge in [0, 0.05) is 31.9 Å². The highest BCUT2D eigenvalue weighted by atomic mass is 35.5. The lowest BCUT2D eigenvalue weighted by Crippen LogP contribution is -2.48. The number of rotatable bonds is 8. The van der Waals surface area contributed by atoms with Crippen molar-refractivity contribution in [1.29, 1.82) is 0 Å². The molecule has 1 aliphatic carbocycles. The summed E-state index contributed by atoms with van der Waals surface area (Å²) in [6.45, 7) is 4.61. The lowest BCUT2D eigenvalue weighted by Gasteiger charge is -2.42. The Bertz CT molecular complexity index is 1730. The molecule has 0 bridgehead atoms. The highest BCUT2D eigenvalue weighted by molar-refractivity contribution is 6.43. The van der Waals surface area contributed by atoms with Crippen LogP contribution in [0, 0.1) is 17.8 Å². The Morgan fingerprint density at radius 1 is 1.04 bits per heavy atom. The first-order chi connectivity index (χ1) is 23.3. The number of hydrogen-bond donors (Lipinski definition) is 2. The van der Waals surface area contributed by atoms with Crippen LogP contribution >= 0.6 is 11.6 Å². The van der Waals surface area contributed by atoms with E-state index in [1.165, 1.54) is 11.6 Å². The average molecular weight is 666 g/mol. The zero-order valence-corrected chi connectivity index (χ0v) is 27.9. The smallest absolute Gasteiger partial charge is 0.455 e. The normalized spacial score (nSPS) is 25.4. The number of likely N-dealkylation sites (tertiary alicyclic amines) is 2. The third-order valence-electron chi connectivity index (χ3n) is 10.6. The molecule has 0 unspecified atom stereocenters. The molecule has 2 amide bonds. The summed E-state index contributed by atoms with van der Waals surface area (Å²) >= 11 is 6.47. The lowest BCUT2D eigenvalue weighted by atomic mass is 9.58. The number of amides is 2. The number of benzene rings is 2. The molecule has 4 atom stereocenters. The molecule has 4 heterocycles. The van der Waals surface area contributed by atoms with E-state index >= 15 is 0 Å². The molecule has 4 aliphatic rings. The van der Waals surface area contributed by atoms with Gasteiger partial charge in [-0.15, -0.1) is 0 Å². The topological polar surface area (TPSA) is 103 Å². The minimum atomic E-state index is -1.03. The van der Waals surface area contributed by atoms with Crippen molar-refractivity contribution >= 4 is 42.2 Å². The number of halogens is 1. The fourth-order valence-electron chi connectivity index (χ4n) is 8.42. The zero-order valence-electron chi connectivity index (χ0n) is 27.2. The number of piperidine rings is 1. The van der Waals surface area contributed by atoms with Crippen molar-refractivity contribution < 1.29 is 24.4 Å². The molecular formula is C38H41BClN3O5. The minimum absolute atomic E-state index is 0.0476. The number of allylic oxidation sites excluding steroid dienone is 2. The van der Waals surface area contributed by atoms with E-state index in [0.717, 1.165) is 60.5 Å². The summed E-state index contributed by atoms with van der Waals surface area (Å²) in [5.41, 5.74) is 5.91. The van der Waals surface area contributed by atoms with Gasteiger partial charge >= 0.3 is 7.12 Å². The van der Waals surface area contributed by atoms with Crippen molar-refractivity contribution in [3.05, 3.63) is 106 Å². The number of carbonyl (C=O) groups excluding carboxylic acids is 2. The van der Waals surface area contributed by atoms with E-state index in [1.54, 1.807) is 23.2 Å². The van der Waals surface area contributed by atoms with E-state index in [1.807, 2.05) is 30.3 Å². The van der Waals surface area contributed by atoms with Gasteiger partial charge < -0.3 is 14.8 Å². The number of phenolic OH excluding ortho intramolecular Hbond substituents is 1. The maximum absolute atomic E-state index is 14.2. The zero-order chi connectivity index (χ0) is 33.4. The Kier molecular flexibility index (Phi) is 9.56. The Hall–Kier alpha value is -3.76. The molecule has 0 spiro atoms. The van der Waals surface area contributed by atoms with E-state index in [0.29, 0.717) is 30.6 Å². The highest BCUT2D eigenvalue weighted by Crippen LogP contribution is 2.51. The second-order valence-corrected chi connectivity index (χ2v) is 14.1. The first kappa shape index (κ1) is 32.8. The van der Waals surface area contributed by atoms with Crippen LogP contribution in [0.3, 0.4) is 0 Å². The van der Waals surface area contributed by atoms with Crippen molar-refractivity contribution in [2.45, 2.75) is 64.0 Å². The van der Waals surface area contributed by atoms with Crippen LogP contribution in [0.15, 0.2) is 84.1 Å². The number of aromatic nitrogens is 1. The highest BCUT2D eigenvalue weighted by Gasteiger charge is 2.58. The number of nitrogens with zero attached hydrogens (tertiary/aromatic N) is 3. The van der Waals surface area contributed by atoms with E-state index in [4.69, 9.17) is 16.3 Å². The summed E-state index contributed by atoms with van der Waals surface area (Å²) < 4.78 is 6.19. The predicted molar refractivity (Wildman–Crippen MR) is 186 cm³/mol. The van der Waals surface area contributed by atoms with Gasteiger partial charge in [0.05, 0.1) is 28.7 Å². The predicted octanol–water partition coefficient (Wildman–Crippen LogP) is 6.24. The summed E-state index contributed by atoms with van der Waals surface area (Å²) in [5.74, 6) is -1.14. The van der Waals surface area contributed by atoms with Gasteiger partial charge in [-0.05, 0) is 110 Å². The van der Waals surface area contributed by atoms with Gasteiger partial charge in [-0.2, -0.15) is 0 Å². The molecule has 7 rings (SSSR count). The van der Waals surface area contributed by atoms with Crippen molar-refractivity contribution in [2.75, 3.05) is 13.1 Å². The lowest BCUT2D eigenvalue weighted by molar-refractivity contribution is -0.144. The molecular weight excluding hydrogens is 625 g/mol. The van der Waals surface area contributed by atoms with Crippen molar-refractivity contribution in [3.63, 3.8) is 0 Å². The van der Waals surface area contributed by atoms with Gasteiger partial charge in [0.25, 0.3) is 0 Å². The van der Waals surface area contributed by atoms with Crippen LogP contribution in [0.2, 0.25) is 11.3 Å². The van der Waals surface area contributed by atoms with Crippen molar-refractivity contribution in [3.8, 4) is 5.75 Å². The SMILES string of the molecule is CC1=C2[C@@H](CC/C(=C/c3ccc(O)cc3Cl)c3ccccn3)OB(O)C[C@@H]2[C@@H]2C(=O)N(C3CCN(Cc4ccccc4)CC3)C(=O)[C@@H]2C1. The monoisotopic (exact) mass is 665 g/mol. The number of aromatic hydroxyl groups is 1. The molecule has 3 aliphatic heterocycles. The number of phenols is 1. The minimum Gasteiger partial charge on any atom is -0.508 e. The second kappa shape index (κ2) is 14.0. The molecule has 10 heteroatoms. The number of pyridine rings is 1. The molecule has 8 nitrogen and oxygen atoms in total. The summed E-state index contributed by atoms with van der Waals surface area (Å²) in [4.78, 5) is 36.7. The molecule has 2 aromatic carbocycles. The van der Waals surface area contributed by atoms with Gasteiger partial charge in [0.15, 0.2) is 0 Å². The molecule has 0 saturated carbocycles. The molecule has 3 aromatic rings. The quantitative estimate of drug-likeness (QED) is 0.167. The number of fused-ring (bicyclic) bond motifs is 3. The molecule has 0 radical (unpaired) electrons. The summed E-state index contributed by atoms with van der Waals surface area (Å²) in [6, 6.07) is 20.9. The van der Waals surface area contributed by atoms with Crippen molar-refractivity contribution in [2.24, 2.45) is 17.8 Å². The van der Waals surface area contributed by atoms with E-state index in [2.05, 4.69) is 41.1 Å². The van der Waals surface area contributed by atoms with Crippen LogP contribution in [0.5, 0.6) is 5.75 Å². The Labute approximate surface area is 287 Å². The summed E-state index contributed by atoms with van der Waals surface area (Å²) in [7, 11) is -1.03. The van der Waals surface area contributed by atoms with Crippen LogP contribution in [0.25, 0.3) is 11.6 Å². The maximum Gasteiger partial charge on any atom is 0.455 e. The summed E-state index contributed by atoms with van der Waals surface area (Å²) in [6.07, 6.45) is 6.83. The maximum atomic E-state index is 14.2. The molecule has 48 heavy (non-hydrogen) atoms. The Morgan fingerprint density at radius 2 is 1.81 bits per heavy atom. The van der Waals surface area contributed by atoms with Crippen LogP contribution in [-0.4, -0.2) is 69.1 Å². The van der Waals surface area contributed by atoms with Gasteiger partial charge in [0.1, 0.15) is 5.75 Å². The molecule has 2 N–H and O–H groups in total. The third-order valence-corrected chi connectivity index (χ3v) is 11.0. The number of hydrogen-bond acceptors (Lipinski definition) is 7. The standard InChI is InChI=1S/C38H41BClN3O5/c1-24-19-30-36(38(46)43(37(30)45)28-14-17-42(18-15-28)23-25-7-3-2-4-8-25)31-22-39(47)48-34(35(24)31)13-11-27(33-9-5-6-16-41-33)20-26-10-12-29(44)21-32(26)40/h2-10,12,16,20-21,28,30-31,34,36,44,47H,11,13-15,17-19,22-23H2,1H3/b27-20-/t30-,31+,34-,36-/m1/s1. The number of carbonyl (C=O) groups is 2. The second-order valence-electron chi connectivity index (χ2n) is 13.7. The first-order valence-electron chi connectivity index (χ1n) is 17.0. The summed E-state index contributed by atoms with van der Waals surface area (Å²) in [5, 5.41) is 21.3. The number of imide groups is 1. The van der Waals surface area contributed by atoms with Crippen LogP contribution in [-0.2, 0) is 20.8 Å². The average Bonchev–Trinajstić information content (AvgIpc) is 3.33. The Balaban J connectivity index is 1.08. The van der Waals surface area contributed by atoms with Crippen LogP contribution < -0.4 is 0 Å². The fourth-order valence-corrected chi connectivity index (χ4v) is 8.65. The van der Waals surface area contributed by atoms with Crippen LogP contribution in [0.4, 0.5) is 0 Å². The largest absolute Gasteiger partial charge is 0.508 e. The fraction of sp³-hybridized carbons (Fsp3) is 0.395. The van der Waals surface area contributed by atoms with E-state index in [-0.39, 0.29) is 35.4 Å². The van der Waals surface area contributed by atoms with E-state index < -0.39 is 19.1 Å². The Morgan fingerprint density at radius 3 is 2.54 bits per heavy atom.